The van der Waals surface area contributed by atoms with E-state index >= 15 is 0 Å². The molecule has 2 heterocycles. The maximum atomic E-state index is 13.3. The third kappa shape index (κ3) is 3.33. The maximum Gasteiger partial charge on any atom is 0.256 e. The molecule has 4 nitrogen and oxygen atoms in total. The smallest absolute Gasteiger partial charge is 0.256 e. The molecule has 120 valence electrons. The predicted octanol–water partition coefficient (Wildman–Crippen LogP) is 3.60. The van der Waals surface area contributed by atoms with E-state index in [1.807, 2.05) is 31.2 Å². The van der Waals surface area contributed by atoms with Gasteiger partial charge in [0.1, 0.15) is 11.6 Å². The van der Waals surface area contributed by atoms with Crippen LogP contribution in [0.1, 0.15) is 41.7 Å². The third-order valence-electron chi connectivity index (χ3n) is 4.04. The van der Waals surface area contributed by atoms with Gasteiger partial charge in [-0.25, -0.2) is 4.39 Å². The van der Waals surface area contributed by atoms with E-state index in [0.29, 0.717) is 18.7 Å². The monoisotopic (exact) mass is 314 g/mol. The van der Waals surface area contributed by atoms with E-state index in [9.17, 15) is 9.18 Å². The molecule has 1 fully saturated rings. The number of ether oxygens (including phenoxy) is 1. The Balaban J connectivity index is 1.81. The topological polar surface area (TPSA) is 42.4 Å². The van der Waals surface area contributed by atoms with Gasteiger partial charge in [0.05, 0.1) is 24.4 Å². The number of nitrogens with zero attached hydrogens (tertiary/aromatic N) is 2. The van der Waals surface area contributed by atoms with E-state index in [-0.39, 0.29) is 11.9 Å². The Morgan fingerprint density at radius 1 is 1.35 bits per heavy atom. The van der Waals surface area contributed by atoms with E-state index < -0.39 is 5.82 Å². The molecule has 0 aliphatic carbocycles. The lowest BCUT2D eigenvalue weighted by Crippen LogP contribution is -2.30. The number of carbonyl (C=O) groups is 1. The molecule has 23 heavy (non-hydrogen) atoms. The Morgan fingerprint density at radius 3 is 2.83 bits per heavy atom. The summed E-state index contributed by atoms with van der Waals surface area (Å²) in [6, 6.07) is 9.08. The lowest BCUT2D eigenvalue weighted by atomic mass is 10.0. The summed E-state index contributed by atoms with van der Waals surface area (Å²) in [7, 11) is 0. The Hall–Kier alpha value is -2.43. The van der Waals surface area contributed by atoms with Crippen molar-refractivity contribution < 1.29 is 13.9 Å². The molecule has 1 aromatic carbocycles. The van der Waals surface area contributed by atoms with Crippen molar-refractivity contribution >= 4 is 5.91 Å². The maximum absolute atomic E-state index is 13.3. The van der Waals surface area contributed by atoms with E-state index in [2.05, 4.69) is 4.98 Å². The molecule has 1 atom stereocenters. The number of carbonyl (C=O) groups excluding carboxylic acids is 1. The minimum absolute atomic E-state index is 0.0152. The fourth-order valence-corrected chi connectivity index (χ4v) is 3.00. The lowest BCUT2D eigenvalue weighted by molar-refractivity contribution is 0.0734. The fourth-order valence-electron chi connectivity index (χ4n) is 3.00. The Morgan fingerprint density at radius 2 is 2.13 bits per heavy atom. The summed E-state index contributed by atoms with van der Waals surface area (Å²) < 4.78 is 18.8. The quantitative estimate of drug-likeness (QED) is 0.866. The number of likely N-dealkylation sites (tertiary alicyclic amines) is 1. The molecule has 0 spiro atoms. The van der Waals surface area contributed by atoms with E-state index in [1.165, 1.54) is 12.3 Å². The van der Waals surface area contributed by atoms with Crippen molar-refractivity contribution in [2.45, 2.75) is 25.8 Å². The van der Waals surface area contributed by atoms with E-state index in [0.717, 1.165) is 30.4 Å². The highest BCUT2D eigenvalue weighted by atomic mass is 19.1. The Kier molecular flexibility index (Phi) is 4.55. The molecule has 0 saturated carbocycles. The van der Waals surface area contributed by atoms with Gasteiger partial charge in [0.25, 0.3) is 5.91 Å². The van der Waals surface area contributed by atoms with Crippen LogP contribution < -0.4 is 4.74 Å². The van der Waals surface area contributed by atoms with Crippen molar-refractivity contribution in [2.24, 2.45) is 0 Å². The average molecular weight is 314 g/mol. The van der Waals surface area contributed by atoms with Crippen molar-refractivity contribution in [2.75, 3.05) is 13.2 Å². The van der Waals surface area contributed by atoms with Gasteiger partial charge in [0, 0.05) is 12.7 Å². The molecule has 0 bridgehead atoms. The van der Waals surface area contributed by atoms with Gasteiger partial charge in [-0.3, -0.25) is 9.78 Å². The highest BCUT2D eigenvalue weighted by Gasteiger charge is 2.30. The first-order valence-corrected chi connectivity index (χ1v) is 7.83. The first kappa shape index (κ1) is 15.5. The van der Waals surface area contributed by atoms with Crippen LogP contribution in [-0.2, 0) is 0 Å². The number of halogens is 1. The third-order valence-corrected chi connectivity index (χ3v) is 4.04. The number of benzene rings is 1. The van der Waals surface area contributed by atoms with Crippen LogP contribution in [0.4, 0.5) is 4.39 Å². The molecule has 1 aromatic heterocycles. The molecule has 2 aromatic rings. The van der Waals surface area contributed by atoms with Crippen LogP contribution in [0.15, 0.2) is 42.7 Å². The SMILES string of the molecule is CCOc1ccc([C@H]2CCCN2C(=O)c2cncc(F)c2)cc1. The molecule has 1 amide bonds. The lowest BCUT2D eigenvalue weighted by Gasteiger charge is -2.25. The van der Waals surface area contributed by atoms with Crippen molar-refractivity contribution in [3.63, 3.8) is 0 Å². The Bertz CT molecular complexity index is 688. The Labute approximate surface area is 134 Å². The molecular weight excluding hydrogens is 295 g/mol. The van der Waals surface area contributed by atoms with Gasteiger partial charge in [0.15, 0.2) is 0 Å². The molecule has 0 radical (unpaired) electrons. The number of pyridine rings is 1. The second kappa shape index (κ2) is 6.77. The molecule has 1 aliphatic rings. The first-order valence-electron chi connectivity index (χ1n) is 7.83. The zero-order valence-corrected chi connectivity index (χ0v) is 13.0. The van der Waals surface area contributed by atoms with Gasteiger partial charge in [-0.15, -0.1) is 0 Å². The van der Waals surface area contributed by atoms with Crippen LogP contribution in [0.5, 0.6) is 5.75 Å². The van der Waals surface area contributed by atoms with Gasteiger partial charge in [-0.2, -0.15) is 0 Å². The van der Waals surface area contributed by atoms with Crippen molar-refractivity contribution in [1.82, 2.24) is 9.88 Å². The molecule has 0 N–H and O–H groups in total. The molecule has 5 heteroatoms. The second-order valence-corrected chi connectivity index (χ2v) is 5.55. The zero-order chi connectivity index (χ0) is 16.2. The summed E-state index contributed by atoms with van der Waals surface area (Å²) in [5, 5.41) is 0. The summed E-state index contributed by atoms with van der Waals surface area (Å²) in [5.41, 5.74) is 1.37. The predicted molar refractivity (Wildman–Crippen MR) is 84.8 cm³/mol. The van der Waals surface area contributed by atoms with Gasteiger partial charge in [-0.1, -0.05) is 12.1 Å². The summed E-state index contributed by atoms with van der Waals surface area (Å²) in [4.78, 5) is 18.2. The number of hydrogen-bond donors (Lipinski definition) is 0. The highest BCUT2D eigenvalue weighted by molar-refractivity contribution is 5.94. The van der Waals surface area contributed by atoms with Crippen molar-refractivity contribution in [1.29, 1.82) is 0 Å². The molecule has 0 unspecified atom stereocenters. The summed E-state index contributed by atoms with van der Waals surface area (Å²) in [6.07, 6.45) is 4.36. The second-order valence-electron chi connectivity index (χ2n) is 5.55. The molecular formula is C18H19FN2O2. The van der Waals surface area contributed by atoms with Crippen LogP contribution >= 0.6 is 0 Å². The van der Waals surface area contributed by atoms with Gasteiger partial charge >= 0.3 is 0 Å². The highest BCUT2D eigenvalue weighted by Crippen LogP contribution is 2.33. The van der Waals surface area contributed by atoms with E-state index in [1.54, 1.807) is 4.90 Å². The van der Waals surface area contributed by atoms with Crippen LogP contribution in [0.25, 0.3) is 0 Å². The van der Waals surface area contributed by atoms with Gasteiger partial charge in [0.2, 0.25) is 0 Å². The fraction of sp³-hybridized carbons (Fsp3) is 0.333. The van der Waals surface area contributed by atoms with Crippen molar-refractivity contribution in [3.8, 4) is 5.75 Å². The standard InChI is InChI=1S/C18H19FN2O2/c1-2-23-16-7-5-13(6-8-16)17-4-3-9-21(17)18(22)14-10-15(19)12-20-11-14/h5-8,10-12,17H,2-4,9H2,1H3/t17-/m1/s1. The molecule has 1 aliphatic heterocycles. The summed E-state index contributed by atoms with van der Waals surface area (Å²) >= 11 is 0. The zero-order valence-electron chi connectivity index (χ0n) is 13.0. The van der Waals surface area contributed by atoms with E-state index in [4.69, 9.17) is 4.74 Å². The van der Waals surface area contributed by atoms with Crippen LogP contribution in [0, 0.1) is 5.82 Å². The number of amides is 1. The number of aromatic nitrogens is 1. The van der Waals surface area contributed by atoms with Gasteiger partial charge in [-0.05, 0) is 43.5 Å². The number of hydrogen-bond acceptors (Lipinski definition) is 3. The minimum atomic E-state index is -0.493. The molecule has 3 rings (SSSR count). The average Bonchev–Trinajstić information content (AvgIpc) is 3.05. The van der Waals surface area contributed by atoms with Gasteiger partial charge < -0.3 is 9.64 Å². The largest absolute Gasteiger partial charge is 0.494 e. The van der Waals surface area contributed by atoms with Crippen molar-refractivity contribution in [3.05, 3.63) is 59.7 Å². The summed E-state index contributed by atoms with van der Waals surface area (Å²) in [6.45, 7) is 3.24. The minimum Gasteiger partial charge on any atom is -0.494 e. The van der Waals surface area contributed by atoms with Crippen LogP contribution in [0.2, 0.25) is 0 Å². The molecule has 1 saturated heterocycles. The van der Waals surface area contributed by atoms with Crippen LogP contribution in [0.3, 0.4) is 0 Å². The van der Waals surface area contributed by atoms with Crippen LogP contribution in [-0.4, -0.2) is 28.9 Å². The first-order chi connectivity index (χ1) is 11.2. The number of rotatable bonds is 4. The summed E-state index contributed by atoms with van der Waals surface area (Å²) in [5.74, 6) is 0.155. The normalized spacial score (nSPS) is 17.3.